The minimum absolute atomic E-state index is 0.380. The summed E-state index contributed by atoms with van der Waals surface area (Å²) in [4.78, 5) is 11.6. The van der Waals surface area contributed by atoms with Gasteiger partial charge in [-0.3, -0.25) is 10.1 Å². The average molecular weight is 424 g/mol. The smallest absolute Gasteiger partial charge is 0.258 e. The lowest BCUT2D eigenvalue weighted by Crippen LogP contribution is -2.17. The molecular weight excluding hydrogens is 410 g/mol. The molecule has 0 aliphatic rings. The highest BCUT2D eigenvalue weighted by molar-refractivity contribution is 7.99. The lowest BCUT2D eigenvalue weighted by atomic mass is 10.3. The summed E-state index contributed by atoms with van der Waals surface area (Å²) in [5.74, 6) is 0. The summed E-state index contributed by atoms with van der Waals surface area (Å²) >= 11 is 7.24. The molecule has 0 fully saturated rings. The number of nitro benzene ring substituents is 1. The molecule has 0 amide bonds. The largest absolute Gasteiger partial charge is 0.290 e. The van der Waals surface area contributed by atoms with Crippen molar-refractivity contribution in [2.45, 2.75) is 28.5 Å². The van der Waals surface area contributed by atoms with Crippen molar-refractivity contribution in [2.24, 2.45) is 0 Å². The first-order valence-corrected chi connectivity index (χ1v) is 10.3. The Balaban J connectivity index is 2.08. The van der Waals surface area contributed by atoms with Gasteiger partial charge in [0.05, 0.1) is 21.2 Å². The van der Waals surface area contributed by atoms with Gasteiger partial charge in [-0.05, 0) is 44.2 Å². The molecule has 0 saturated carbocycles. The molecule has 1 aromatic heterocycles. The lowest BCUT2D eigenvalue weighted by molar-refractivity contribution is -0.387. The van der Waals surface area contributed by atoms with E-state index in [1.54, 1.807) is 26.0 Å². The van der Waals surface area contributed by atoms with Crippen molar-refractivity contribution in [1.82, 2.24) is 9.19 Å². The van der Waals surface area contributed by atoms with Crippen LogP contribution in [0, 0.1) is 24.0 Å². The number of rotatable bonds is 5. The van der Waals surface area contributed by atoms with Gasteiger partial charge in [0.25, 0.3) is 15.7 Å². The molecule has 0 radical (unpaired) electrons. The summed E-state index contributed by atoms with van der Waals surface area (Å²) < 4.78 is 26.9. The Bertz CT molecular complexity index is 1130. The number of nitro groups is 1. The van der Waals surface area contributed by atoms with Crippen molar-refractivity contribution in [2.75, 3.05) is 0 Å². The number of hydrogen-bond donors (Lipinski definition) is 0. The normalized spacial score (nSPS) is 11.5. The monoisotopic (exact) mass is 423 g/mol. The van der Waals surface area contributed by atoms with Gasteiger partial charge in [0.1, 0.15) is 0 Å². The predicted molar refractivity (Wildman–Crippen MR) is 103 cm³/mol. The molecule has 2 aromatic carbocycles. The van der Waals surface area contributed by atoms with Crippen LogP contribution < -0.4 is 0 Å². The molecule has 3 rings (SSSR count). The Hall–Kier alpha value is -2.36. The molecule has 0 saturated heterocycles. The zero-order valence-electron chi connectivity index (χ0n) is 14.3. The maximum atomic E-state index is 13.0. The molecule has 0 N–H and O–H groups in total. The second kappa shape index (κ2) is 7.34. The number of halogens is 1. The molecule has 0 atom stereocenters. The van der Waals surface area contributed by atoms with E-state index in [4.69, 9.17) is 11.6 Å². The van der Waals surface area contributed by atoms with Gasteiger partial charge in [-0.1, -0.05) is 35.5 Å². The number of aryl methyl sites for hydroxylation is 1. The second-order valence-electron chi connectivity index (χ2n) is 5.63. The van der Waals surface area contributed by atoms with Gasteiger partial charge in [0.15, 0.2) is 4.90 Å². The standard InChI is InChI=1S/C17H14ClN3O4S2/c1-11-17(26-14-9-7-13(18)8-10-14)12(2)20(19-11)27(24,25)16-6-4-3-5-15(16)21(22)23/h3-10H,1-2H3. The number of hydrogen-bond acceptors (Lipinski definition) is 6. The van der Waals surface area contributed by atoms with E-state index in [2.05, 4.69) is 5.10 Å². The molecule has 1 heterocycles. The van der Waals surface area contributed by atoms with Crippen molar-refractivity contribution in [3.05, 3.63) is 75.1 Å². The summed E-state index contributed by atoms with van der Waals surface area (Å²) in [6.45, 7) is 3.31. The summed E-state index contributed by atoms with van der Waals surface area (Å²) in [6, 6.07) is 12.3. The molecule has 140 valence electrons. The first kappa shape index (κ1) is 19.4. The van der Waals surface area contributed by atoms with Crippen LogP contribution in [-0.2, 0) is 10.0 Å². The van der Waals surface area contributed by atoms with Crippen LogP contribution in [0.3, 0.4) is 0 Å². The number of nitrogens with zero attached hydrogens (tertiary/aromatic N) is 3. The molecule has 0 spiro atoms. The molecule has 0 aliphatic heterocycles. The fraction of sp³-hybridized carbons (Fsp3) is 0.118. The van der Waals surface area contributed by atoms with Gasteiger partial charge in [-0.15, -0.1) is 0 Å². The van der Waals surface area contributed by atoms with Crippen molar-refractivity contribution >= 4 is 39.1 Å². The minimum Gasteiger partial charge on any atom is -0.258 e. The fourth-order valence-corrected chi connectivity index (χ4v) is 5.17. The lowest BCUT2D eigenvalue weighted by Gasteiger charge is -2.08. The van der Waals surface area contributed by atoms with Crippen LogP contribution in [0.2, 0.25) is 5.02 Å². The summed E-state index contributed by atoms with van der Waals surface area (Å²) in [7, 11) is -4.22. The summed E-state index contributed by atoms with van der Waals surface area (Å²) in [6.07, 6.45) is 0. The first-order valence-electron chi connectivity index (χ1n) is 7.70. The Morgan fingerprint density at radius 1 is 1.11 bits per heavy atom. The molecular formula is C17H14ClN3O4S2. The van der Waals surface area contributed by atoms with Crippen LogP contribution in [0.15, 0.2) is 63.2 Å². The van der Waals surface area contributed by atoms with Gasteiger partial charge in [-0.25, -0.2) is 0 Å². The Morgan fingerprint density at radius 3 is 2.37 bits per heavy atom. The third-order valence-electron chi connectivity index (χ3n) is 3.79. The van der Waals surface area contributed by atoms with Gasteiger partial charge >= 0.3 is 0 Å². The molecule has 0 aliphatic carbocycles. The van der Waals surface area contributed by atoms with E-state index < -0.39 is 25.5 Å². The van der Waals surface area contributed by atoms with Gasteiger partial charge < -0.3 is 0 Å². The topological polar surface area (TPSA) is 95.1 Å². The Labute approximate surface area is 165 Å². The first-order chi connectivity index (χ1) is 12.7. The van der Waals surface area contributed by atoms with Crippen molar-refractivity contribution in [1.29, 1.82) is 0 Å². The highest BCUT2D eigenvalue weighted by Gasteiger charge is 2.30. The summed E-state index contributed by atoms with van der Waals surface area (Å²) in [5.41, 5.74) is 0.400. The molecule has 0 bridgehead atoms. The predicted octanol–water partition coefficient (Wildman–Crippen LogP) is 4.45. The van der Waals surface area contributed by atoms with Crippen LogP contribution in [0.1, 0.15) is 11.4 Å². The molecule has 3 aromatic rings. The van der Waals surface area contributed by atoms with Gasteiger partial charge in [-0.2, -0.15) is 17.6 Å². The number of para-hydroxylation sites is 1. The van der Waals surface area contributed by atoms with E-state index in [0.717, 1.165) is 15.0 Å². The van der Waals surface area contributed by atoms with Crippen LogP contribution in [-0.4, -0.2) is 22.5 Å². The Morgan fingerprint density at radius 2 is 1.74 bits per heavy atom. The van der Waals surface area contributed by atoms with Gasteiger partial charge in [0, 0.05) is 16.0 Å². The Kier molecular flexibility index (Phi) is 5.27. The molecule has 7 nitrogen and oxygen atoms in total. The van der Waals surface area contributed by atoms with E-state index in [0.29, 0.717) is 21.3 Å². The maximum absolute atomic E-state index is 13.0. The molecule has 10 heteroatoms. The highest BCUT2D eigenvalue weighted by atomic mass is 35.5. The number of aromatic nitrogens is 2. The summed E-state index contributed by atoms with van der Waals surface area (Å²) in [5, 5.41) is 16.0. The third-order valence-corrected chi connectivity index (χ3v) is 7.05. The third kappa shape index (κ3) is 3.71. The van der Waals surface area contributed by atoms with Crippen LogP contribution in [0.25, 0.3) is 0 Å². The average Bonchev–Trinajstić information content (AvgIpc) is 2.92. The van der Waals surface area contributed by atoms with E-state index in [9.17, 15) is 18.5 Å². The second-order valence-corrected chi connectivity index (χ2v) is 8.88. The molecule has 0 unspecified atom stereocenters. The fourth-order valence-electron chi connectivity index (χ4n) is 2.53. The number of benzene rings is 2. The van der Waals surface area contributed by atoms with Crippen LogP contribution in [0.5, 0.6) is 0 Å². The SMILES string of the molecule is Cc1nn(S(=O)(=O)c2ccccc2[N+](=O)[O-])c(C)c1Sc1ccc(Cl)cc1. The van der Waals surface area contributed by atoms with E-state index >= 15 is 0 Å². The highest BCUT2D eigenvalue weighted by Crippen LogP contribution is 2.35. The maximum Gasteiger partial charge on any atom is 0.290 e. The van der Waals surface area contributed by atoms with Crippen molar-refractivity contribution in [3.63, 3.8) is 0 Å². The minimum atomic E-state index is -4.22. The van der Waals surface area contributed by atoms with Crippen molar-refractivity contribution < 1.29 is 13.3 Å². The zero-order chi connectivity index (χ0) is 19.8. The van der Waals surface area contributed by atoms with E-state index in [1.807, 2.05) is 12.1 Å². The van der Waals surface area contributed by atoms with E-state index in [-0.39, 0.29) is 0 Å². The van der Waals surface area contributed by atoms with E-state index in [1.165, 1.54) is 30.0 Å². The van der Waals surface area contributed by atoms with Crippen molar-refractivity contribution in [3.8, 4) is 0 Å². The quantitative estimate of drug-likeness (QED) is 0.444. The zero-order valence-corrected chi connectivity index (χ0v) is 16.7. The van der Waals surface area contributed by atoms with Crippen LogP contribution >= 0.6 is 23.4 Å². The molecule has 27 heavy (non-hydrogen) atoms. The van der Waals surface area contributed by atoms with Crippen LogP contribution in [0.4, 0.5) is 5.69 Å². The van der Waals surface area contributed by atoms with Gasteiger partial charge in [0.2, 0.25) is 0 Å².